The molecular weight excluding hydrogens is 279 g/mol. The van der Waals surface area contributed by atoms with Gasteiger partial charge in [0.15, 0.2) is 0 Å². The quantitative estimate of drug-likeness (QED) is 0.913. The molecule has 0 unspecified atom stereocenters. The van der Waals surface area contributed by atoms with Crippen LogP contribution in [0.15, 0.2) is 29.0 Å². The van der Waals surface area contributed by atoms with Gasteiger partial charge in [0, 0.05) is 12.4 Å². The molecule has 78 valence electrons. The molecule has 2 aromatic rings. The lowest BCUT2D eigenvalue weighted by molar-refractivity contribution is 0.973. The van der Waals surface area contributed by atoms with Crippen LogP contribution in [0.1, 0.15) is 5.69 Å². The van der Waals surface area contributed by atoms with Crippen molar-refractivity contribution in [2.45, 2.75) is 6.54 Å². The summed E-state index contributed by atoms with van der Waals surface area (Å²) in [7, 11) is 0. The van der Waals surface area contributed by atoms with E-state index in [2.05, 4.69) is 36.4 Å². The monoisotopic (exact) mass is 286 g/mol. The zero-order chi connectivity index (χ0) is 10.7. The van der Waals surface area contributed by atoms with E-state index in [0.717, 1.165) is 16.0 Å². The first-order valence-corrected chi connectivity index (χ1v) is 5.46. The number of hydrogen-bond donors (Lipinski definition) is 2. The summed E-state index contributed by atoms with van der Waals surface area (Å²) in [4.78, 5) is 4.15. The van der Waals surface area contributed by atoms with Crippen molar-refractivity contribution in [3.05, 3.63) is 39.7 Å². The third-order valence-electron chi connectivity index (χ3n) is 1.81. The number of halogens is 2. The highest BCUT2D eigenvalue weighted by Crippen LogP contribution is 2.23. The second kappa shape index (κ2) is 4.63. The second-order valence-electron chi connectivity index (χ2n) is 2.92. The molecule has 6 heteroatoms. The van der Waals surface area contributed by atoms with Crippen molar-refractivity contribution >= 4 is 33.3 Å². The Labute approximate surface area is 100 Å². The summed E-state index contributed by atoms with van der Waals surface area (Å²) in [6.07, 6.45) is 3.31. The molecule has 0 saturated heterocycles. The first-order valence-electron chi connectivity index (χ1n) is 4.29. The Morgan fingerprint density at radius 1 is 1.53 bits per heavy atom. The SMILES string of the molecule is Clc1cnc(NCc2ccn[nH]2)c(Br)c1. The highest BCUT2D eigenvalue weighted by atomic mass is 79.9. The predicted molar refractivity (Wildman–Crippen MR) is 62.9 cm³/mol. The molecule has 0 aliphatic rings. The van der Waals surface area contributed by atoms with Gasteiger partial charge in [-0.05, 0) is 28.1 Å². The number of aromatic amines is 1. The smallest absolute Gasteiger partial charge is 0.140 e. The number of aromatic nitrogens is 3. The topological polar surface area (TPSA) is 53.6 Å². The minimum Gasteiger partial charge on any atom is -0.364 e. The van der Waals surface area contributed by atoms with E-state index >= 15 is 0 Å². The number of anilines is 1. The van der Waals surface area contributed by atoms with E-state index in [1.54, 1.807) is 18.5 Å². The van der Waals surface area contributed by atoms with E-state index in [1.165, 1.54) is 0 Å². The summed E-state index contributed by atoms with van der Waals surface area (Å²) < 4.78 is 0.842. The molecule has 0 aliphatic heterocycles. The van der Waals surface area contributed by atoms with Gasteiger partial charge in [-0.2, -0.15) is 5.10 Å². The van der Waals surface area contributed by atoms with Crippen molar-refractivity contribution < 1.29 is 0 Å². The normalized spacial score (nSPS) is 10.3. The van der Waals surface area contributed by atoms with Crippen molar-refractivity contribution in [1.82, 2.24) is 15.2 Å². The Hall–Kier alpha value is -1.07. The van der Waals surface area contributed by atoms with Gasteiger partial charge in [-0.3, -0.25) is 5.10 Å². The molecule has 2 aromatic heterocycles. The Balaban J connectivity index is 2.05. The molecule has 0 saturated carbocycles. The van der Waals surface area contributed by atoms with Crippen molar-refractivity contribution in [3.63, 3.8) is 0 Å². The van der Waals surface area contributed by atoms with Gasteiger partial charge < -0.3 is 5.32 Å². The van der Waals surface area contributed by atoms with Crippen LogP contribution in [0.2, 0.25) is 5.02 Å². The summed E-state index contributed by atoms with van der Waals surface area (Å²) in [5, 5.41) is 10.5. The maximum absolute atomic E-state index is 5.78. The summed E-state index contributed by atoms with van der Waals surface area (Å²) in [6, 6.07) is 3.70. The molecular formula is C9H8BrClN4. The van der Waals surface area contributed by atoms with E-state index < -0.39 is 0 Å². The largest absolute Gasteiger partial charge is 0.364 e. The fraction of sp³-hybridized carbons (Fsp3) is 0.111. The van der Waals surface area contributed by atoms with Gasteiger partial charge in [-0.15, -0.1) is 0 Å². The Bertz CT molecular complexity index is 443. The molecule has 0 aromatic carbocycles. The molecule has 2 heterocycles. The van der Waals surface area contributed by atoms with Crippen LogP contribution in [0, 0.1) is 0 Å². The lowest BCUT2D eigenvalue weighted by Gasteiger charge is -2.05. The summed E-state index contributed by atoms with van der Waals surface area (Å²) >= 11 is 9.16. The molecule has 0 bridgehead atoms. The number of nitrogens with one attached hydrogen (secondary N) is 2. The summed E-state index contributed by atoms with van der Waals surface area (Å²) in [6.45, 7) is 0.646. The van der Waals surface area contributed by atoms with Gasteiger partial charge in [-0.25, -0.2) is 4.98 Å². The summed E-state index contributed by atoms with van der Waals surface area (Å²) in [5.41, 5.74) is 0.999. The van der Waals surface area contributed by atoms with Crippen molar-refractivity contribution in [2.75, 3.05) is 5.32 Å². The van der Waals surface area contributed by atoms with Crippen LogP contribution in [-0.4, -0.2) is 15.2 Å². The zero-order valence-electron chi connectivity index (χ0n) is 7.67. The zero-order valence-corrected chi connectivity index (χ0v) is 10.0. The van der Waals surface area contributed by atoms with E-state index in [9.17, 15) is 0 Å². The number of rotatable bonds is 3. The van der Waals surface area contributed by atoms with Gasteiger partial charge in [-0.1, -0.05) is 11.6 Å². The van der Waals surface area contributed by atoms with Gasteiger partial charge in [0.25, 0.3) is 0 Å². The molecule has 0 fully saturated rings. The minimum atomic E-state index is 0.606. The maximum Gasteiger partial charge on any atom is 0.140 e. The Morgan fingerprint density at radius 3 is 3.07 bits per heavy atom. The molecule has 2 N–H and O–H groups in total. The lowest BCUT2D eigenvalue weighted by Crippen LogP contribution is -2.02. The lowest BCUT2D eigenvalue weighted by atomic mass is 10.4. The predicted octanol–water partition coefficient (Wildman–Crippen LogP) is 2.83. The number of hydrogen-bond acceptors (Lipinski definition) is 3. The van der Waals surface area contributed by atoms with Crippen LogP contribution in [0.25, 0.3) is 0 Å². The van der Waals surface area contributed by atoms with Crippen LogP contribution in [0.4, 0.5) is 5.82 Å². The van der Waals surface area contributed by atoms with Crippen LogP contribution < -0.4 is 5.32 Å². The average molecular weight is 288 g/mol. The third-order valence-corrected chi connectivity index (χ3v) is 2.62. The number of H-pyrrole nitrogens is 1. The Kier molecular flexibility index (Phi) is 3.23. The van der Waals surface area contributed by atoms with Crippen LogP contribution in [0.3, 0.4) is 0 Å². The molecule has 0 amide bonds. The first kappa shape index (κ1) is 10.4. The maximum atomic E-state index is 5.78. The molecule has 15 heavy (non-hydrogen) atoms. The van der Waals surface area contributed by atoms with Crippen LogP contribution in [-0.2, 0) is 6.54 Å². The fourth-order valence-corrected chi connectivity index (χ4v) is 1.89. The number of nitrogens with zero attached hydrogens (tertiary/aromatic N) is 2. The van der Waals surface area contributed by atoms with E-state index in [0.29, 0.717) is 11.6 Å². The molecule has 4 nitrogen and oxygen atoms in total. The molecule has 0 radical (unpaired) electrons. The third kappa shape index (κ3) is 2.70. The van der Waals surface area contributed by atoms with E-state index in [-0.39, 0.29) is 0 Å². The first-order chi connectivity index (χ1) is 7.25. The van der Waals surface area contributed by atoms with E-state index in [1.807, 2.05) is 6.07 Å². The minimum absolute atomic E-state index is 0.606. The fourth-order valence-electron chi connectivity index (χ4n) is 1.11. The van der Waals surface area contributed by atoms with Crippen molar-refractivity contribution in [3.8, 4) is 0 Å². The van der Waals surface area contributed by atoms with Crippen LogP contribution in [0.5, 0.6) is 0 Å². The van der Waals surface area contributed by atoms with Crippen molar-refractivity contribution in [2.24, 2.45) is 0 Å². The van der Waals surface area contributed by atoms with Gasteiger partial charge >= 0.3 is 0 Å². The average Bonchev–Trinajstić information content (AvgIpc) is 2.69. The van der Waals surface area contributed by atoms with Crippen LogP contribution >= 0.6 is 27.5 Å². The molecule has 2 rings (SSSR count). The van der Waals surface area contributed by atoms with E-state index in [4.69, 9.17) is 11.6 Å². The Morgan fingerprint density at radius 2 is 2.40 bits per heavy atom. The molecule has 0 spiro atoms. The van der Waals surface area contributed by atoms with Crippen molar-refractivity contribution in [1.29, 1.82) is 0 Å². The van der Waals surface area contributed by atoms with Gasteiger partial charge in [0.2, 0.25) is 0 Å². The molecule has 0 aliphatic carbocycles. The highest BCUT2D eigenvalue weighted by Gasteiger charge is 2.02. The van der Waals surface area contributed by atoms with Gasteiger partial charge in [0.05, 0.1) is 21.7 Å². The summed E-state index contributed by atoms with van der Waals surface area (Å²) in [5.74, 6) is 0.758. The number of pyridine rings is 1. The second-order valence-corrected chi connectivity index (χ2v) is 4.21. The van der Waals surface area contributed by atoms with Gasteiger partial charge in [0.1, 0.15) is 5.82 Å². The highest BCUT2D eigenvalue weighted by molar-refractivity contribution is 9.10. The molecule has 0 atom stereocenters. The standard InChI is InChI=1S/C9H8BrClN4/c10-8-3-6(11)4-12-9(8)13-5-7-1-2-14-15-7/h1-4H,5H2,(H,12,13)(H,14,15).